The first-order valence-electron chi connectivity index (χ1n) is 7.07. The lowest BCUT2D eigenvalue weighted by atomic mass is 9.80. The molecule has 0 spiro atoms. The van der Waals surface area contributed by atoms with E-state index in [-0.39, 0.29) is 24.2 Å². The van der Waals surface area contributed by atoms with Gasteiger partial charge in [0.2, 0.25) is 5.91 Å². The van der Waals surface area contributed by atoms with Crippen LogP contribution in [0.15, 0.2) is 0 Å². The minimum atomic E-state index is 0. The maximum Gasteiger partial charge on any atom is 0.223 e. The van der Waals surface area contributed by atoms with Gasteiger partial charge in [0, 0.05) is 12.0 Å². The summed E-state index contributed by atoms with van der Waals surface area (Å²) in [4.78, 5) is 12.1. The van der Waals surface area contributed by atoms with Crippen molar-refractivity contribution in [1.82, 2.24) is 10.6 Å². The van der Waals surface area contributed by atoms with Crippen molar-refractivity contribution in [3.63, 3.8) is 0 Å². The highest BCUT2D eigenvalue weighted by Gasteiger charge is 2.31. The Morgan fingerprint density at radius 3 is 2.17 bits per heavy atom. The minimum absolute atomic E-state index is 0. The van der Waals surface area contributed by atoms with Crippen molar-refractivity contribution >= 4 is 18.3 Å². The lowest BCUT2D eigenvalue weighted by Gasteiger charge is -2.35. The fourth-order valence-electron chi connectivity index (χ4n) is 3.28. The summed E-state index contributed by atoms with van der Waals surface area (Å²) >= 11 is 0. The number of carbonyl (C=O) groups is 1. The van der Waals surface area contributed by atoms with Gasteiger partial charge in [-0.15, -0.1) is 12.4 Å². The van der Waals surface area contributed by atoms with Crippen molar-refractivity contribution in [3.05, 3.63) is 0 Å². The molecule has 1 saturated carbocycles. The molecule has 2 fully saturated rings. The van der Waals surface area contributed by atoms with Crippen LogP contribution in [-0.4, -0.2) is 25.0 Å². The molecule has 1 amide bonds. The molecular weight excluding hydrogens is 248 g/mol. The zero-order valence-corrected chi connectivity index (χ0v) is 12.6. The first-order chi connectivity index (χ1) is 8.06. The molecule has 1 aliphatic heterocycles. The second-order valence-corrected chi connectivity index (χ2v) is 6.33. The molecule has 1 saturated heterocycles. The van der Waals surface area contributed by atoms with Gasteiger partial charge in [-0.2, -0.15) is 0 Å². The van der Waals surface area contributed by atoms with Crippen molar-refractivity contribution in [2.45, 2.75) is 46.1 Å². The molecular formula is C14H27ClN2O. The SMILES string of the molecule is CC1CC(C)CC(NC(=O)C(C)C2CNC2)C1.Cl. The highest BCUT2D eigenvalue weighted by Crippen LogP contribution is 2.29. The van der Waals surface area contributed by atoms with Crippen molar-refractivity contribution in [1.29, 1.82) is 0 Å². The van der Waals surface area contributed by atoms with Crippen LogP contribution in [0.2, 0.25) is 0 Å². The van der Waals surface area contributed by atoms with Crippen LogP contribution in [0, 0.1) is 23.7 Å². The average Bonchev–Trinajstić information content (AvgIpc) is 2.12. The topological polar surface area (TPSA) is 41.1 Å². The van der Waals surface area contributed by atoms with Crippen LogP contribution in [0.5, 0.6) is 0 Å². The zero-order valence-electron chi connectivity index (χ0n) is 11.7. The third-order valence-corrected chi connectivity index (χ3v) is 4.46. The van der Waals surface area contributed by atoms with Crippen LogP contribution in [0.25, 0.3) is 0 Å². The quantitative estimate of drug-likeness (QED) is 0.828. The van der Waals surface area contributed by atoms with Crippen LogP contribution in [-0.2, 0) is 4.79 Å². The van der Waals surface area contributed by atoms with Gasteiger partial charge in [0.25, 0.3) is 0 Å². The standard InChI is InChI=1S/C14H26N2O.ClH/c1-9-4-10(2)6-13(5-9)16-14(17)11(3)12-7-15-8-12;/h9-13,15H,4-8H2,1-3H3,(H,16,17);1H. The molecule has 0 bridgehead atoms. The summed E-state index contributed by atoms with van der Waals surface area (Å²) in [6, 6.07) is 0.414. The van der Waals surface area contributed by atoms with Gasteiger partial charge in [0.1, 0.15) is 0 Å². The minimum Gasteiger partial charge on any atom is -0.353 e. The fourth-order valence-corrected chi connectivity index (χ4v) is 3.28. The Labute approximate surface area is 117 Å². The van der Waals surface area contributed by atoms with Gasteiger partial charge >= 0.3 is 0 Å². The molecule has 0 aromatic heterocycles. The van der Waals surface area contributed by atoms with Crippen LogP contribution in [0.4, 0.5) is 0 Å². The van der Waals surface area contributed by atoms with Gasteiger partial charge < -0.3 is 10.6 Å². The van der Waals surface area contributed by atoms with E-state index in [4.69, 9.17) is 0 Å². The molecule has 2 aliphatic rings. The van der Waals surface area contributed by atoms with Crippen molar-refractivity contribution < 1.29 is 4.79 Å². The molecule has 1 aliphatic carbocycles. The molecule has 3 unspecified atom stereocenters. The molecule has 4 heteroatoms. The van der Waals surface area contributed by atoms with Crippen LogP contribution in [0.1, 0.15) is 40.0 Å². The van der Waals surface area contributed by atoms with Crippen molar-refractivity contribution in [2.24, 2.45) is 23.7 Å². The lowest BCUT2D eigenvalue weighted by molar-refractivity contribution is -0.127. The lowest BCUT2D eigenvalue weighted by Crippen LogP contribution is -2.51. The number of rotatable bonds is 3. The predicted molar refractivity (Wildman–Crippen MR) is 76.9 cm³/mol. The van der Waals surface area contributed by atoms with E-state index in [9.17, 15) is 4.79 Å². The Kier molecular flexibility index (Phi) is 5.93. The van der Waals surface area contributed by atoms with E-state index in [1.807, 2.05) is 0 Å². The highest BCUT2D eigenvalue weighted by molar-refractivity contribution is 5.85. The summed E-state index contributed by atoms with van der Waals surface area (Å²) in [7, 11) is 0. The summed E-state index contributed by atoms with van der Waals surface area (Å²) in [6.45, 7) is 8.68. The van der Waals surface area contributed by atoms with Crippen LogP contribution < -0.4 is 10.6 Å². The maximum atomic E-state index is 12.1. The van der Waals surface area contributed by atoms with E-state index >= 15 is 0 Å². The summed E-state index contributed by atoms with van der Waals surface area (Å²) in [6.07, 6.45) is 3.63. The van der Waals surface area contributed by atoms with Gasteiger partial charge in [-0.05, 0) is 50.1 Å². The maximum absolute atomic E-state index is 12.1. The first-order valence-corrected chi connectivity index (χ1v) is 7.07. The molecule has 106 valence electrons. The van der Waals surface area contributed by atoms with Gasteiger partial charge in [-0.25, -0.2) is 0 Å². The predicted octanol–water partition coefficient (Wildman–Crippen LogP) is 2.20. The normalized spacial score (nSPS) is 34.1. The molecule has 2 rings (SSSR count). The summed E-state index contributed by atoms with van der Waals surface area (Å²) in [5, 5.41) is 6.50. The Bertz CT molecular complexity index is 271. The van der Waals surface area contributed by atoms with E-state index in [1.165, 1.54) is 6.42 Å². The van der Waals surface area contributed by atoms with Crippen LogP contribution in [0.3, 0.4) is 0 Å². The van der Waals surface area contributed by atoms with E-state index < -0.39 is 0 Å². The number of halogens is 1. The molecule has 0 radical (unpaired) electrons. The molecule has 0 aromatic rings. The van der Waals surface area contributed by atoms with E-state index in [1.54, 1.807) is 0 Å². The smallest absolute Gasteiger partial charge is 0.223 e. The summed E-state index contributed by atoms with van der Waals surface area (Å²) in [5.41, 5.74) is 0. The molecule has 2 N–H and O–H groups in total. The summed E-state index contributed by atoms with van der Waals surface area (Å²) < 4.78 is 0. The first kappa shape index (κ1) is 15.8. The van der Waals surface area contributed by atoms with Gasteiger partial charge in [-0.3, -0.25) is 4.79 Å². The number of amides is 1. The number of carbonyl (C=O) groups excluding carboxylic acids is 1. The third kappa shape index (κ3) is 3.86. The van der Waals surface area contributed by atoms with Crippen LogP contribution >= 0.6 is 12.4 Å². The van der Waals surface area contributed by atoms with Crippen molar-refractivity contribution in [2.75, 3.05) is 13.1 Å². The van der Waals surface area contributed by atoms with Gasteiger partial charge in [0.05, 0.1) is 0 Å². The van der Waals surface area contributed by atoms with E-state index in [0.717, 1.165) is 37.8 Å². The molecule has 0 aromatic carbocycles. The average molecular weight is 275 g/mol. The van der Waals surface area contributed by atoms with Gasteiger partial charge in [0.15, 0.2) is 0 Å². The summed E-state index contributed by atoms with van der Waals surface area (Å²) in [5.74, 6) is 2.49. The van der Waals surface area contributed by atoms with E-state index in [2.05, 4.69) is 31.4 Å². The second kappa shape index (κ2) is 6.76. The van der Waals surface area contributed by atoms with Gasteiger partial charge in [-0.1, -0.05) is 20.8 Å². The Morgan fingerprint density at radius 1 is 1.17 bits per heavy atom. The molecule has 3 atom stereocenters. The third-order valence-electron chi connectivity index (χ3n) is 4.46. The van der Waals surface area contributed by atoms with Crippen molar-refractivity contribution in [3.8, 4) is 0 Å². The fraction of sp³-hybridized carbons (Fsp3) is 0.929. The molecule has 3 nitrogen and oxygen atoms in total. The van der Waals surface area contributed by atoms with E-state index in [0.29, 0.717) is 12.0 Å². The Balaban J connectivity index is 0.00000162. The monoisotopic (exact) mass is 274 g/mol. The largest absolute Gasteiger partial charge is 0.353 e. The second-order valence-electron chi connectivity index (χ2n) is 6.33. The zero-order chi connectivity index (χ0) is 12.4. The highest BCUT2D eigenvalue weighted by atomic mass is 35.5. The molecule has 18 heavy (non-hydrogen) atoms. The Hall–Kier alpha value is -0.280. The number of nitrogens with one attached hydrogen (secondary N) is 2. The molecule has 1 heterocycles. The number of hydrogen-bond acceptors (Lipinski definition) is 2. The Morgan fingerprint density at radius 2 is 1.72 bits per heavy atom. The number of hydrogen-bond donors (Lipinski definition) is 2.